The summed E-state index contributed by atoms with van der Waals surface area (Å²) in [4.78, 5) is 32.7. The minimum atomic E-state index is -4.60. The molecule has 0 saturated carbocycles. The molecule has 7 nitrogen and oxygen atoms in total. The lowest BCUT2D eigenvalue weighted by Gasteiger charge is -2.39. The monoisotopic (exact) mass is 595 g/mol. The zero-order valence-electron chi connectivity index (χ0n) is 26.9. The third-order valence-electron chi connectivity index (χ3n) is 7.05. The van der Waals surface area contributed by atoms with Crippen molar-refractivity contribution in [2.75, 3.05) is 19.3 Å². The highest BCUT2D eigenvalue weighted by atomic mass is 19.4. The van der Waals surface area contributed by atoms with Crippen LogP contribution in [0, 0.1) is 11.8 Å². The van der Waals surface area contributed by atoms with E-state index in [9.17, 15) is 22.8 Å². The van der Waals surface area contributed by atoms with Crippen LogP contribution in [0.3, 0.4) is 0 Å². The first kappa shape index (κ1) is 38.9. The predicted octanol–water partition coefficient (Wildman–Crippen LogP) is 7.31. The van der Waals surface area contributed by atoms with Crippen LogP contribution in [0.4, 0.5) is 18.9 Å². The number of aromatic amines is 1. The first-order valence-electron chi connectivity index (χ1n) is 14.9. The molecule has 1 amide bonds. The number of nitrogens with one attached hydrogen (secondary N) is 1. The quantitative estimate of drug-likeness (QED) is 0.277. The molecule has 42 heavy (non-hydrogen) atoms. The second kappa shape index (κ2) is 18.4. The van der Waals surface area contributed by atoms with Gasteiger partial charge in [-0.05, 0) is 55.5 Å². The van der Waals surface area contributed by atoms with Crippen molar-refractivity contribution in [2.45, 2.75) is 99.7 Å². The van der Waals surface area contributed by atoms with E-state index in [0.29, 0.717) is 13.0 Å². The van der Waals surface area contributed by atoms with Crippen molar-refractivity contribution < 1.29 is 22.8 Å². The average Bonchev–Trinajstić information content (AvgIpc) is 3.34. The standard InChI is InChI=1S/C22H29F3N4O.C7H12O.C2H6.CH5N/c1-5-7-13-16(6-2)28-17-8-9-29(20(12(3)4)19(13)17)21(30)14-11-27-18(10-15(14)26)22(23,24)25;1-4-6(3)7(8)5-2;2*1-2/h10-12,20,28H,5-9H2,1-4H3,(H2,26,27);5-6H,2,4H2,1,3H3;1-2H3;2H2,1H3. The highest BCUT2D eigenvalue weighted by Crippen LogP contribution is 2.40. The Hall–Kier alpha value is -3.14. The number of aryl methyl sites for hydroxylation is 1. The second-order valence-corrected chi connectivity index (χ2v) is 10.1. The number of fused-ring (bicyclic) bond motifs is 1. The summed E-state index contributed by atoms with van der Waals surface area (Å²) in [5.41, 5.74) is 13.9. The number of amides is 1. The molecular weight excluding hydrogens is 543 g/mol. The number of carbonyl (C=O) groups excluding carboxylic acids is 2. The molecule has 0 radical (unpaired) electrons. The highest BCUT2D eigenvalue weighted by molar-refractivity contribution is 5.99. The van der Waals surface area contributed by atoms with Crippen molar-refractivity contribution in [2.24, 2.45) is 17.6 Å². The molecule has 2 aromatic rings. The topological polar surface area (TPSA) is 118 Å². The largest absolute Gasteiger partial charge is 0.433 e. The maximum absolute atomic E-state index is 13.4. The fourth-order valence-electron chi connectivity index (χ4n) is 4.87. The number of nitrogen functional groups attached to an aromatic ring is 1. The van der Waals surface area contributed by atoms with Gasteiger partial charge in [-0.15, -0.1) is 0 Å². The smallest absolute Gasteiger partial charge is 0.398 e. The predicted molar refractivity (Wildman–Crippen MR) is 166 cm³/mol. The second-order valence-electron chi connectivity index (χ2n) is 10.1. The number of alkyl halides is 3. The molecule has 238 valence electrons. The number of hydrogen-bond acceptors (Lipinski definition) is 5. The SMILES string of the molecule is C=CC(=O)C(C)CC.CC.CCCc1c(CC)[nH]c2c1C(C(C)C)N(C(=O)c1cnc(C(F)(F)F)cc1N)CC2.CN. The lowest BCUT2D eigenvalue weighted by molar-refractivity contribution is -0.141. The van der Waals surface area contributed by atoms with E-state index in [0.717, 1.165) is 43.6 Å². The zero-order valence-corrected chi connectivity index (χ0v) is 26.9. The van der Waals surface area contributed by atoms with E-state index >= 15 is 0 Å². The first-order valence-corrected chi connectivity index (χ1v) is 14.9. The molecule has 0 fully saturated rings. The zero-order chi connectivity index (χ0) is 32.8. The Balaban J connectivity index is 0.00000120. The Bertz CT molecular complexity index is 1140. The maximum Gasteiger partial charge on any atom is 0.433 e. The Morgan fingerprint density at radius 2 is 1.79 bits per heavy atom. The number of hydrogen-bond donors (Lipinski definition) is 3. The van der Waals surface area contributed by atoms with E-state index in [1.54, 1.807) is 4.90 Å². The average molecular weight is 596 g/mol. The van der Waals surface area contributed by atoms with Crippen LogP contribution in [-0.4, -0.2) is 40.2 Å². The van der Waals surface area contributed by atoms with Gasteiger partial charge in [-0.2, -0.15) is 13.2 Å². The molecule has 3 rings (SSSR count). The number of allylic oxidation sites excluding steroid dienone is 1. The van der Waals surface area contributed by atoms with Crippen molar-refractivity contribution >= 4 is 17.4 Å². The van der Waals surface area contributed by atoms with Gasteiger partial charge in [0.1, 0.15) is 5.69 Å². The molecule has 0 saturated heterocycles. The van der Waals surface area contributed by atoms with E-state index in [1.807, 2.05) is 27.7 Å². The van der Waals surface area contributed by atoms with Crippen LogP contribution in [0.5, 0.6) is 0 Å². The summed E-state index contributed by atoms with van der Waals surface area (Å²) in [5.74, 6) is 0.0625. The van der Waals surface area contributed by atoms with E-state index in [1.165, 1.54) is 29.9 Å². The van der Waals surface area contributed by atoms with Gasteiger partial charge in [0.05, 0.1) is 11.6 Å². The van der Waals surface area contributed by atoms with Crippen LogP contribution >= 0.6 is 0 Å². The molecule has 10 heteroatoms. The Labute approximate surface area is 250 Å². The molecule has 5 N–H and O–H groups in total. The van der Waals surface area contributed by atoms with E-state index in [-0.39, 0.29) is 40.8 Å². The van der Waals surface area contributed by atoms with Crippen LogP contribution in [0.25, 0.3) is 0 Å². The molecule has 2 unspecified atom stereocenters. The fourth-order valence-corrected chi connectivity index (χ4v) is 4.87. The van der Waals surface area contributed by atoms with Gasteiger partial charge < -0.3 is 21.4 Å². The third-order valence-corrected chi connectivity index (χ3v) is 7.05. The number of rotatable bonds is 8. The van der Waals surface area contributed by atoms with Crippen molar-refractivity contribution in [3.63, 3.8) is 0 Å². The van der Waals surface area contributed by atoms with E-state index in [2.05, 4.69) is 50.0 Å². The molecule has 0 aliphatic carbocycles. The van der Waals surface area contributed by atoms with E-state index in [4.69, 9.17) is 5.73 Å². The molecule has 0 spiro atoms. The van der Waals surface area contributed by atoms with Crippen LogP contribution in [-0.2, 0) is 30.2 Å². The minimum absolute atomic E-state index is 0.0143. The minimum Gasteiger partial charge on any atom is -0.398 e. The highest BCUT2D eigenvalue weighted by Gasteiger charge is 2.38. The fraction of sp³-hybridized carbons (Fsp3) is 0.594. The summed E-state index contributed by atoms with van der Waals surface area (Å²) >= 11 is 0. The Kier molecular flexibility index (Phi) is 17.0. The number of aromatic nitrogens is 2. The summed E-state index contributed by atoms with van der Waals surface area (Å²) in [6, 6.07) is 0.571. The van der Waals surface area contributed by atoms with Crippen molar-refractivity contribution in [3.8, 4) is 0 Å². The van der Waals surface area contributed by atoms with Crippen LogP contribution < -0.4 is 11.5 Å². The van der Waals surface area contributed by atoms with Crippen molar-refractivity contribution in [1.82, 2.24) is 14.9 Å². The summed E-state index contributed by atoms with van der Waals surface area (Å²) in [7, 11) is 1.50. The van der Waals surface area contributed by atoms with Crippen LogP contribution in [0.2, 0.25) is 0 Å². The number of anilines is 1. The molecule has 2 atom stereocenters. The van der Waals surface area contributed by atoms with Crippen molar-refractivity contribution in [1.29, 1.82) is 0 Å². The van der Waals surface area contributed by atoms with Gasteiger partial charge in [0.15, 0.2) is 5.78 Å². The summed E-state index contributed by atoms with van der Waals surface area (Å²) in [5, 5.41) is 0. The molecule has 0 aromatic carbocycles. The molecule has 0 bridgehead atoms. The van der Waals surface area contributed by atoms with Gasteiger partial charge in [0.25, 0.3) is 5.91 Å². The molecule has 3 heterocycles. The van der Waals surface area contributed by atoms with Gasteiger partial charge in [0, 0.05) is 42.2 Å². The number of halogens is 3. The van der Waals surface area contributed by atoms with Crippen LogP contribution in [0.1, 0.15) is 113 Å². The number of nitrogens with zero attached hydrogens (tertiary/aromatic N) is 2. The van der Waals surface area contributed by atoms with E-state index < -0.39 is 11.9 Å². The summed E-state index contributed by atoms with van der Waals surface area (Å²) in [6.45, 7) is 20.1. The molecular formula is C32H52F3N5O2. The molecule has 2 aromatic heterocycles. The van der Waals surface area contributed by atoms with Gasteiger partial charge in [0.2, 0.25) is 0 Å². The Morgan fingerprint density at radius 1 is 1.19 bits per heavy atom. The Morgan fingerprint density at radius 3 is 2.19 bits per heavy atom. The lowest BCUT2D eigenvalue weighted by Crippen LogP contribution is -2.42. The number of carbonyl (C=O) groups is 2. The number of ketones is 1. The van der Waals surface area contributed by atoms with Gasteiger partial charge in [-0.25, -0.2) is 0 Å². The third kappa shape index (κ3) is 9.71. The number of nitrogens with two attached hydrogens (primary N) is 2. The summed E-state index contributed by atoms with van der Waals surface area (Å²) < 4.78 is 38.8. The van der Waals surface area contributed by atoms with Crippen LogP contribution in [0.15, 0.2) is 24.9 Å². The van der Waals surface area contributed by atoms with Gasteiger partial charge in [-0.3, -0.25) is 14.6 Å². The van der Waals surface area contributed by atoms with Crippen molar-refractivity contribution in [3.05, 3.63) is 58.7 Å². The maximum atomic E-state index is 13.4. The normalized spacial score (nSPS) is 14.7. The molecule has 1 aliphatic heterocycles. The summed E-state index contributed by atoms with van der Waals surface area (Å²) in [6.07, 6.45) is 2.11. The number of pyridine rings is 1. The molecule has 1 aliphatic rings. The number of H-pyrrole nitrogens is 1. The van der Waals surface area contributed by atoms with Gasteiger partial charge in [-0.1, -0.05) is 68.4 Å². The lowest BCUT2D eigenvalue weighted by atomic mass is 9.85. The van der Waals surface area contributed by atoms with Gasteiger partial charge >= 0.3 is 6.18 Å². The first-order chi connectivity index (χ1) is 19.8.